The van der Waals surface area contributed by atoms with Crippen LogP contribution in [0.1, 0.15) is 31.2 Å². The van der Waals surface area contributed by atoms with Crippen LogP contribution in [0, 0.1) is 17.2 Å². The van der Waals surface area contributed by atoms with Crippen molar-refractivity contribution in [2.75, 3.05) is 13.1 Å². The second kappa shape index (κ2) is 7.14. The maximum absolute atomic E-state index is 12.3. The van der Waals surface area contributed by atoms with Gasteiger partial charge in [0, 0.05) is 18.0 Å². The zero-order valence-electron chi connectivity index (χ0n) is 10.8. The molecule has 98 valence electrons. The Balaban J connectivity index is 2.72. The quantitative estimate of drug-likeness (QED) is 0.856. The Morgan fingerprint density at radius 2 is 2.33 bits per heavy atom. The van der Waals surface area contributed by atoms with Crippen LogP contribution in [0.3, 0.4) is 0 Å². The van der Waals surface area contributed by atoms with Crippen molar-refractivity contribution in [3.05, 3.63) is 22.4 Å². The molecular weight excluding hydrogens is 246 g/mol. The standard InChI is InChI=1S/C13H19N3OS/c1-10(2)9-16(7-4-6-14)13(17)12(15)11-5-3-8-18-11/h3,5,8,10,12H,4,7,9,15H2,1-2H3. The van der Waals surface area contributed by atoms with E-state index in [-0.39, 0.29) is 5.91 Å². The van der Waals surface area contributed by atoms with Crippen LogP contribution >= 0.6 is 11.3 Å². The van der Waals surface area contributed by atoms with E-state index in [1.54, 1.807) is 4.90 Å². The number of thiophene rings is 1. The number of amides is 1. The minimum Gasteiger partial charge on any atom is -0.340 e. The van der Waals surface area contributed by atoms with E-state index in [1.807, 2.05) is 31.4 Å². The lowest BCUT2D eigenvalue weighted by atomic mass is 10.1. The Kier molecular flexibility index (Phi) is 5.83. The average Bonchev–Trinajstić information content (AvgIpc) is 2.85. The van der Waals surface area contributed by atoms with E-state index in [4.69, 9.17) is 11.0 Å². The van der Waals surface area contributed by atoms with E-state index in [0.717, 1.165) is 4.88 Å². The zero-order chi connectivity index (χ0) is 13.5. The molecule has 0 aromatic carbocycles. The average molecular weight is 265 g/mol. The lowest BCUT2D eigenvalue weighted by Gasteiger charge is -2.26. The maximum atomic E-state index is 12.3. The molecule has 4 nitrogen and oxygen atoms in total. The summed E-state index contributed by atoms with van der Waals surface area (Å²) in [5.74, 6) is 0.268. The normalized spacial score (nSPS) is 12.2. The van der Waals surface area contributed by atoms with Crippen LogP contribution in [0.5, 0.6) is 0 Å². The van der Waals surface area contributed by atoms with Crippen LogP contribution in [0.2, 0.25) is 0 Å². The number of hydrogen-bond acceptors (Lipinski definition) is 4. The van der Waals surface area contributed by atoms with Crippen molar-refractivity contribution in [2.24, 2.45) is 11.7 Å². The van der Waals surface area contributed by atoms with Gasteiger partial charge in [0.15, 0.2) is 0 Å². The molecular formula is C13H19N3OS. The molecule has 1 unspecified atom stereocenters. The molecule has 1 amide bonds. The Morgan fingerprint density at radius 3 is 2.83 bits per heavy atom. The third-order valence-corrected chi connectivity index (χ3v) is 3.46. The van der Waals surface area contributed by atoms with Crippen LogP contribution in [0.4, 0.5) is 0 Å². The number of carbonyl (C=O) groups excluding carboxylic acids is 1. The van der Waals surface area contributed by atoms with Crippen molar-refractivity contribution in [1.29, 1.82) is 5.26 Å². The van der Waals surface area contributed by atoms with Crippen molar-refractivity contribution in [1.82, 2.24) is 4.90 Å². The Bertz CT molecular complexity index is 408. The van der Waals surface area contributed by atoms with E-state index < -0.39 is 6.04 Å². The molecule has 0 bridgehead atoms. The maximum Gasteiger partial charge on any atom is 0.244 e. The second-order valence-electron chi connectivity index (χ2n) is 4.58. The highest BCUT2D eigenvalue weighted by Gasteiger charge is 2.23. The summed E-state index contributed by atoms with van der Waals surface area (Å²) in [5, 5.41) is 10.5. The summed E-state index contributed by atoms with van der Waals surface area (Å²) in [5.41, 5.74) is 5.97. The number of nitrogens with zero attached hydrogens (tertiary/aromatic N) is 2. The first-order valence-corrected chi connectivity index (χ1v) is 6.89. The van der Waals surface area contributed by atoms with Crippen LogP contribution in [-0.4, -0.2) is 23.9 Å². The minimum absolute atomic E-state index is 0.0959. The Morgan fingerprint density at radius 1 is 1.61 bits per heavy atom. The van der Waals surface area contributed by atoms with Gasteiger partial charge >= 0.3 is 0 Å². The van der Waals surface area contributed by atoms with Gasteiger partial charge < -0.3 is 10.6 Å². The summed E-state index contributed by atoms with van der Waals surface area (Å²) in [4.78, 5) is 14.8. The predicted octanol–water partition coefficient (Wildman–Crippen LogP) is 2.15. The molecule has 0 aliphatic heterocycles. The van der Waals surface area contributed by atoms with E-state index in [0.29, 0.717) is 25.4 Å². The molecule has 1 rings (SSSR count). The molecule has 18 heavy (non-hydrogen) atoms. The molecule has 1 aromatic heterocycles. The first-order chi connectivity index (χ1) is 8.56. The van der Waals surface area contributed by atoms with Gasteiger partial charge in [0.05, 0.1) is 12.5 Å². The van der Waals surface area contributed by atoms with Crippen molar-refractivity contribution < 1.29 is 4.79 Å². The molecule has 0 aliphatic carbocycles. The SMILES string of the molecule is CC(C)CN(CCC#N)C(=O)C(N)c1cccs1. The van der Waals surface area contributed by atoms with E-state index >= 15 is 0 Å². The number of hydrogen-bond donors (Lipinski definition) is 1. The van der Waals surface area contributed by atoms with Gasteiger partial charge in [0.1, 0.15) is 6.04 Å². The van der Waals surface area contributed by atoms with Crippen molar-refractivity contribution >= 4 is 17.2 Å². The lowest BCUT2D eigenvalue weighted by molar-refractivity contribution is -0.133. The van der Waals surface area contributed by atoms with Gasteiger partial charge in [-0.2, -0.15) is 5.26 Å². The van der Waals surface area contributed by atoms with Crippen LogP contribution in [-0.2, 0) is 4.79 Å². The number of nitriles is 1. The summed E-state index contributed by atoms with van der Waals surface area (Å²) in [6.07, 6.45) is 0.343. The summed E-state index contributed by atoms with van der Waals surface area (Å²) in [6, 6.07) is 5.21. The van der Waals surface area contributed by atoms with Crippen LogP contribution < -0.4 is 5.73 Å². The minimum atomic E-state index is -0.609. The highest BCUT2D eigenvalue weighted by Crippen LogP contribution is 2.19. The summed E-state index contributed by atoms with van der Waals surface area (Å²) < 4.78 is 0. The largest absolute Gasteiger partial charge is 0.340 e. The first-order valence-electron chi connectivity index (χ1n) is 6.01. The van der Waals surface area contributed by atoms with Gasteiger partial charge in [0.2, 0.25) is 5.91 Å². The van der Waals surface area contributed by atoms with Gasteiger partial charge in [-0.1, -0.05) is 19.9 Å². The molecule has 0 radical (unpaired) electrons. The molecule has 0 saturated heterocycles. The molecule has 0 aliphatic rings. The first kappa shape index (κ1) is 14.7. The number of rotatable bonds is 6. The van der Waals surface area contributed by atoms with Gasteiger partial charge in [-0.15, -0.1) is 11.3 Å². The van der Waals surface area contributed by atoms with Crippen molar-refractivity contribution in [3.8, 4) is 6.07 Å². The van der Waals surface area contributed by atoms with Gasteiger partial charge in [-0.25, -0.2) is 0 Å². The number of carbonyl (C=O) groups is 1. The monoisotopic (exact) mass is 265 g/mol. The Hall–Kier alpha value is -1.38. The van der Waals surface area contributed by atoms with E-state index in [2.05, 4.69) is 6.07 Å². The fraction of sp³-hybridized carbons (Fsp3) is 0.538. The van der Waals surface area contributed by atoms with Crippen molar-refractivity contribution in [3.63, 3.8) is 0 Å². The molecule has 5 heteroatoms. The molecule has 1 atom stereocenters. The molecule has 1 aromatic rings. The zero-order valence-corrected chi connectivity index (χ0v) is 11.6. The summed E-state index contributed by atoms with van der Waals surface area (Å²) >= 11 is 1.48. The fourth-order valence-electron chi connectivity index (χ4n) is 1.70. The highest BCUT2D eigenvalue weighted by atomic mass is 32.1. The molecule has 0 saturated carbocycles. The van der Waals surface area contributed by atoms with E-state index in [9.17, 15) is 4.79 Å². The second-order valence-corrected chi connectivity index (χ2v) is 5.56. The molecule has 1 heterocycles. The third kappa shape index (κ3) is 4.13. The van der Waals surface area contributed by atoms with Gasteiger partial charge in [0.25, 0.3) is 0 Å². The lowest BCUT2D eigenvalue weighted by Crippen LogP contribution is -2.40. The number of nitrogens with two attached hydrogens (primary N) is 1. The van der Waals surface area contributed by atoms with Gasteiger partial charge in [-0.05, 0) is 17.4 Å². The predicted molar refractivity (Wildman–Crippen MR) is 72.9 cm³/mol. The van der Waals surface area contributed by atoms with Gasteiger partial charge in [-0.3, -0.25) is 4.79 Å². The molecule has 0 spiro atoms. The molecule has 2 N–H and O–H groups in total. The summed E-state index contributed by atoms with van der Waals surface area (Å²) in [7, 11) is 0. The van der Waals surface area contributed by atoms with E-state index in [1.165, 1.54) is 11.3 Å². The Labute approximate surface area is 112 Å². The van der Waals surface area contributed by atoms with Crippen LogP contribution in [0.25, 0.3) is 0 Å². The van der Waals surface area contributed by atoms with Crippen molar-refractivity contribution in [2.45, 2.75) is 26.3 Å². The highest BCUT2D eigenvalue weighted by molar-refractivity contribution is 7.10. The third-order valence-electron chi connectivity index (χ3n) is 2.51. The molecule has 0 fully saturated rings. The smallest absolute Gasteiger partial charge is 0.244 e. The van der Waals surface area contributed by atoms with Crippen LogP contribution in [0.15, 0.2) is 17.5 Å². The summed E-state index contributed by atoms with van der Waals surface area (Å²) in [6.45, 7) is 5.18. The topological polar surface area (TPSA) is 70.1 Å². The fourth-order valence-corrected chi connectivity index (χ4v) is 2.42.